The lowest BCUT2D eigenvalue weighted by Crippen LogP contribution is -2.44. The highest BCUT2D eigenvalue weighted by Crippen LogP contribution is 2.13. The number of carbonyl (C=O) groups is 2. The van der Waals surface area contributed by atoms with Gasteiger partial charge in [-0.25, -0.2) is 4.79 Å². The van der Waals surface area contributed by atoms with Crippen LogP contribution in [0.4, 0.5) is 4.79 Å². The zero-order valence-corrected chi connectivity index (χ0v) is 9.99. The van der Waals surface area contributed by atoms with Gasteiger partial charge in [0, 0.05) is 11.6 Å². The molecule has 3 N–H and O–H groups in total. The van der Waals surface area contributed by atoms with E-state index < -0.39 is 18.0 Å². The van der Waals surface area contributed by atoms with E-state index in [1.807, 2.05) is 0 Å². The van der Waals surface area contributed by atoms with Crippen LogP contribution in [0.1, 0.15) is 12.5 Å². The van der Waals surface area contributed by atoms with E-state index in [0.717, 1.165) is 5.56 Å². The molecule has 0 spiro atoms. The highest BCUT2D eigenvalue weighted by atomic mass is 35.5. The lowest BCUT2D eigenvalue weighted by molar-refractivity contribution is -0.138. The summed E-state index contributed by atoms with van der Waals surface area (Å²) in [5.41, 5.74) is 0.771. The normalized spacial score (nSPS) is 11.6. The Labute approximate surface area is 104 Å². The lowest BCUT2D eigenvalue weighted by Gasteiger charge is -2.11. The predicted octanol–water partition coefficient (Wildman–Crippen LogP) is 1.61. The molecule has 0 aromatic heterocycles. The molecule has 17 heavy (non-hydrogen) atoms. The molecule has 1 rings (SSSR count). The molecule has 0 aliphatic rings. The zero-order chi connectivity index (χ0) is 12.8. The van der Waals surface area contributed by atoms with Crippen LogP contribution in [0, 0.1) is 0 Å². The third kappa shape index (κ3) is 4.32. The molecular weight excluding hydrogens is 244 g/mol. The molecule has 6 heteroatoms. The van der Waals surface area contributed by atoms with Crippen LogP contribution in [0.5, 0.6) is 0 Å². The van der Waals surface area contributed by atoms with Gasteiger partial charge in [0.15, 0.2) is 0 Å². The van der Waals surface area contributed by atoms with E-state index >= 15 is 0 Å². The minimum absolute atomic E-state index is 0.248. The topological polar surface area (TPSA) is 78.4 Å². The van der Waals surface area contributed by atoms with Gasteiger partial charge in [-0.05, 0) is 18.6 Å². The van der Waals surface area contributed by atoms with Crippen LogP contribution in [-0.4, -0.2) is 23.1 Å². The maximum Gasteiger partial charge on any atom is 0.325 e. The Kier molecular flexibility index (Phi) is 4.78. The minimum atomic E-state index is -1.09. The van der Waals surface area contributed by atoms with Gasteiger partial charge in [0.05, 0.1) is 0 Å². The molecule has 0 radical (unpaired) electrons. The van der Waals surface area contributed by atoms with Crippen molar-refractivity contribution in [3.05, 3.63) is 34.9 Å². The van der Waals surface area contributed by atoms with Crippen molar-refractivity contribution in [1.82, 2.24) is 10.6 Å². The summed E-state index contributed by atoms with van der Waals surface area (Å²) in [5.74, 6) is -1.09. The largest absolute Gasteiger partial charge is 0.480 e. The number of nitrogens with one attached hydrogen (secondary N) is 2. The first-order chi connectivity index (χ1) is 8.00. The number of carboxylic acids is 1. The summed E-state index contributed by atoms with van der Waals surface area (Å²) in [6.45, 7) is 1.63. The van der Waals surface area contributed by atoms with Gasteiger partial charge in [-0.15, -0.1) is 0 Å². The van der Waals surface area contributed by atoms with Crippen molar-refractivity contribution in [3.8, 4) is 0 Å². The number of amides is 2. The average molecular weight is 257 g/mol. The van der Waals surface area contributed by atoms with Crippen molar-refractivity contribution >= 4 is 23.6 Å². The quantitative estimate of drug-likeness (QED) is 0.766. The monoisotopic (exact) mass is 256 g/mol. The van der Waals surface area contributed by atoms with Crippen molar-refractivity contribution < 1.29 is 14.7 Å². The van der Waals surface area contributed by atoms with Crippen molar-refractivity contribution in [2.24, 2.45) is 0 Å². The van der Waals surface area contributed by atoms with E-state index in [2.05, 4.69) is 10.6 Å². The van der Waals surface area contributed by atoms with Crippen LogP contribution in [0.15, 0.2) is 24.3 Å². The van der Waals surface area contributed by atoms with Crippen LogP contribution in [0.3, 0.4) is 0 Å². The molecule has 0 fully saturated rings. The molecule has 0 saturated carbocycles. The Morgan fingerprint density at radius 1 is 1.41 bits per heavy atom. The maximum absolute atomic E-state index is 11.3. The third-order valence-electron chi connectivity index (χ3n) is 2.12. The molecule has 5 nitrogen and oxygen atoms in total. The second-order valence-corrected chi connectivity index (χ2v) is 3.89. The van der Waals surface area contributed by atoms with Crippen molar-refractivity contribution in [3.63, 3.8) is 0 Å². The number of hydrogen-bond acceptors (Lipinski definition) is 2. The molecule has 0 unspecified atom stereocenters. The fourth-order valence-corrected chi connectivity index (χ4v) is 1.33. The fourth-order valence-electron chi connectivity index (χ4n) is 1.13. The van der Waals surface area contributed by atoms with Crippen LogP contribution in [-0.2, 0) is 11.3 Å². The van der Waals surface area contributed by atoms with E-state index in [4.69, 9.17) is 16.7 Å². The Hall–Kier alpha value is -1.75. The highest BCUT2D eigenvalue weighted by Gasteiger charge is 2.13. The first-order valence-corrected chi connectivity index (χ1v) is 5.39. The molecule has 1 atom stereocenters. The number of rotatable bonds is 4. The summed E-state index contributed by atoms with van der Waals surface area (Å²) in [6.07, 6.45) is 0. The first-order valence-electron chi connectivity index (χ1n) is 5.01. The molecule has 92 valence electrons. The Bertz CT molecular complexity index is 423. The Morgan fingerprint density at radius 3 is 2.65 bits per heavy atom. The van der Waals surface area contributed by atoms with E-state index in [0.29, 0.717) is 5.02 Å². The summed E-state index contributed by atoms with van der Waals surface area (Å²) < 4.78 is 0. The number of carboxylic acid groups (broad SMARTS) is 1. The average Bonchev–Trinajstić information content (AvgIpc) is 2.27. The zero-order valence-electron chi connectivity index (χ0n) is 9.24. The number of carbonyl (C=O) groups excluding carboxylic acids is 1. The van der Waals surface area contributed by atoms with Crippen LogP contribution < -0.4 is 10.6 Å². The molecule has 1 aromatic carbocycles. The number of hydrogen-bond donors (Lipinski definition) is 3. The van der Waals surface area contributed by atoms with E-state index in [-0.39, 0.29) is 6.54 Å². The van der Waals surface area contributed by atoms with Crippen LogP contribution >= 0.6 is 11.6 Å². The second kappa shape index (κ2) is 6.10. The summed E-state index contributed by atoms with van der Waals surface area (Å²) in [6, 6.07) is 5.62. The Balaban J connectivity index is 2.44. The van der Waals surface area contributed by atoms with E-state index in [1.165, 1.54) is 6.92 Å². The number of aliphatic carboxylic acids is 1. The van der Waals surface area contributed by atoms with Gasteiger partial charge in [-0.2, -0.15) is 0 Å². The Morgan fingerprint density at radius 2 is 2.06 bits per heavy atom. The summed E-state index contributed by atoms with van der Waals surface area (Å²) >= 11 is 5.90. The first kappa shape index (κ1) is 13.3. The van der Waals surface area contributed by atoms with Gasteiger partial charge in [0.2, 0.25) is 0 Å². The van der Waals surface area contributed by atoms with Crippen LogP contribution in [0.2, 0.25) is 5.02 Å². The fraction of sp³-hybridized carbons (Fsp3) is 0.273. The predicted molar refractivity (Wildman–Crippen MR) is 63.9 cm³/mol. The second-order valence-electron chi connectivity index (χ2n) is 3.48. The SMILES string of the molecule is C[C@H](NC(=O)NCc1ccccc1Cl)C(=O)O. The van der Waals surface area contributed by atoms with Gasteiger partial charge in [0.25, 0.3) is 0 Å². The molecule has 0 saturated heterocycles. The molecule has 2 amide bonds. The summed E-state index contributed by atoms with van der Waals surface area (Å²) in [5, 5.41) is 14.0. The van der Waals surface area contributed by atoms with Gasteiger partial charge in [-0.3, -0.25) is 4.79 Å². The van der Waals surface area contributed by atoms with Crippen LogP contribution in [0.25, 0.3) is 0 Å². The van der Waals surface area contributed by atoms with Gasteiger partial charge in [0.1, 0.15) is 6.04 Å². The van der Waals surface area contributed by atoms with Gasteiger partial charge >= 0.3 is 12.0 Å². The smallest absolute Gasteiger partial charge is 0.325 e. The summed E-state index contributed by atoms with van der Waals surface area (Å²) in [7, 11) is 0. The van der Waals surface area contributed by atoms with E-state index in [9.17, 15) is 9.59 Å². The minimum Gasteiger partial charge on any atom is -0.480 e. The molecule has 0 heterocycles. The molecular formula is C11H13ClN2O3. The molecule has 1 aromatic rings. The molecule has 0 bridgehead atoms. The van der Waals surface area contributed by atoms with Gasteiger partial charge in [-0.1, -0.05) is 29.8 Å². The van der Waals surface area contributed by atoms with Crippen molar-refractivity contribution in [2.75, 3.05) is 0 Å². The highest BCUT2D eigenvalue weighted by molar-refractivity contribution is 6.31. The number of urea groups is 1. The maximum atomic E-state index is 11.3. The third-order valence-corrected chi connectivity index (χ3v) is 2.48. The van der Waals surface area contributed by atoms with Gasteiger partial charge < -0.3 is 15.7 Å². The lowest BCUT2D eigenvalue weighted by atomic mass is 10.2. The summed E-state index contributed by atoms with van der Waals surface area (Å²) in [4.78, 5) is 21.8. The van der Waals surface area contributed by atoms with Crippen molar-refractivity contribution in [2.45, 2.75) is 19.5 Å². The number of halogens is 1. The molecule has 0 aliphatic heterocycles. The standard InChI is InChI=1S/C11H13ClN2O3/c1-7(10(15)16)14-11(17)13-6-8-4-2-3-5-9(8)12/h2-5,7H,6H2,1H3,(H,15,16)(H2,13,14,17)/t7-/m0/s1. The molecule has 0 aliphatic carbocycles. The number of benzene rings is 1. The van der Waals surface area contributed by atoms with E-state index in [1.54, 1.807) is 24.3 Å². The van der Waals surface area contributed by atoms with Crippen molar-refractivity contribution in [1.29, 1.82) is 0 Å².